The van der Waals surface area contributed by atoms with E-state index in [1.54, 1.807) is 0 Å². The number of hydrogen-bond donors (Lipinski definition) is 0. The Morgan fingerprint density at radius 2 is 1.30 bits per heavy atom. The van der Waals surface area contributed by atoms with Crippen LogP contribution < -0.4 is 15.9 Å². The van der Waals surface area contributed by atoms with Gasteiger partial charge in [0.1, 0.15) is 0 Å². The van der Waals surface area contributed by atoms with E-state index < -0.39 is 7.14 Å². The lowest BCUT2D eigenvalue weighted by molar-refractivity contribution is 0.593. The standard InChI is InChI=1S/C39H25N2OP/c42-43(29-12-2-1-3-13-29)36-18-7-5-15-32(36)34-24-23-33-31-14-4-6-17-35(31)41(38(33)39(34)43)28-21-19-26(20-22-28)30-16-8-10-27-11-9-25-40-37(27)30/h1-25H. The molecular formula is C39H25N2OP. The van der Waals surface area contributed by atoms with Crippen LogP contribution in [0.2, 0.25) is 0 Å². The summed E-state index contributed by atoms with van der Waals surface area (Å²) in [5.74, 6) is 0. The zero-order chi connectivity index (χ0) is 28.5. The van der Waals surface area contributed by atoms with Crippen molar-refractivity contribution in [2.24, 2.45) is 0 Å². The number of hydrogen-bond acceptors (Lipinski definition) is 2. The molecule has 1 aliphatic heterocycles. The molecule has 0 saturated heterocycles. The molecular weight excluding hydrogens is 543 g/mol. The van der Waals surface area contributed by atoms with E-state index in [0.29, 0.717) is 0 Å². The van der Waals surface area contributed by atoms with Crippen LogP contribution in [0.5, 0.6) is 0 Å². The maximum Gasteiger partial charge on any atom is 0.174 e. The Bertz CT molecular complexity index is 2420. The van der Waals surface area contributed by atoms with Crippen molar-refractivity contribution in [3.05, 3.63) is 152 Å². The van der Waals surface area contributed by atoms with Crippen LogP contribution in [0.15, 0.2) is 152 Å². The molecule has 6 aromatic carbocycles. The molecule has 0 saturated carbocycles. The van der Waals surface area contributed by atoms with Crippen LogP contribution >= 0.6 is 7.14 Å². The van der Waals surface area contributed by atoms with E-state index in [-0.39, 0.29) is 0 Å². The van der Waals surface area contributed by atoms with Crippen molar-refractivity contribution in [1.29, 1.82) is 0 Å². The van der Waals surface area contributed by atoms with E-state index in [1.165, 1.54) is 0 Å². The fourth-order valence-electron chi connectivity index (χ4n) is 6.97. The molecule has 0 N–H and O–H groups in total. The number of rotatable bonds is 3. The molecule has 0 radical (unpaired) electrons. The van der Waals surface area contributed by atoms with E-state index in [1.807, 2.05) is 54.7 Å². The third-order valence-corrected chi connectivity index (χ3v) is 12.0. The fourth-order valence-corrected chi connectivity index (χ4v) is 10.2. The van der Waals surface area contributed by atoms with E-state index >= 15 is 4.57 Å². The Kier molecular flexibility index (Phi) is 5.17. The maximum absolute atomic E-state index is 15.7. The highest BCUT2D eigenvalue weighted by Gasteiger charge is 2.42. The number of para-hydroxylation sites is 2. The minimum atomic E-state index is -3.16. The SMILES string of the molecule is O=P1(c2ccccc2)c2ccccc2-c2ccc3c4ccccc4n(-c4ccc(-c5cccc6cccnc56)cc4)c3c21. The molecule has 2 aromatic heterocycles. The second-order valence-corrected chi connectivity index (χ2v) is 13.8. The van der Waals surface area contributed by atoms with Crippen molar-refractivity contribution in [3.63, 3.8) is 0 Å². The zero-order valence-corrected chi connectivity index (χ0v) is 24.1. The molecule has 3 heterocycles. The van der Waals surface area contributed by atoms with E-state index in [4.69, 9.17) is 0 Å². The minimum absolute atomic E-state index is 0.865. The van der Waals surface area contributed by atoms with Gasteiger partial charge in [-0.15, -0.1) is 0 Å². The monoisotopic (exact) mass is 568 g/mol. The van der Waals surface area contributed by atoms with Crippen LogP contribution in [0.25, 0.3) is 60.6 Å². The summed E-state index contributed by atoms with van der Waals surface area (Å²) in [4.78, 5) is 4.68. The Morgan fingerprint density at radius 1 is 0.558 bits per heavy atom. The van der Waals surface area contributed by atoms with Crippen LogP contribution in [0.1, 0.15) is 0 Å². The molecule has 202 valence electrons. The predicted molar refractivity (Wildman–Crippen MR) is 180 cm³/mol. The summed E-state index contributed by atoms with van der Waals surface area (Å²) in [6.07, 6.45) is 1.85. The van der Waals surface area contributed by atoms with Crippen molar-refractivity contribution in [3.8, 4) is 27.9 Å². The second kappa shape index (κ2) is 9.13. The van der Waals surface area contributed by atoms with Gasteiger partial charge in [-0.05, 0) is 41.0 Å². The molecule has 1 aliphatic rings. The average molecular weight is 569 g/mol. The molecule has 9 rings (SSSR count). The highest BCUT2D eigenvalue weighted by molar-refractivity contribution is 7.86. The summed E-state index contributed by atoms with van der Waals surface area (Å²) < 4.78 is 18.0. The summed E-state index contributed by atoms with van der Waals surface area (Å²) in [5, 5.41) is 6.09. The predicted octanol–water partition coefficient (Wildman–Crippen LogP) is 8.62. The average Bonchev–Trinajstić information content (AvgIpc) is 3.55. The molecule has 3 nitrogen and oxygen atoms in total. The van der Waals surface area contributed by atoms with Gasteiger partial charge in [0.25, 0.3) is 0 Å². The summed E-state index contributed by atoms with van der Waals surface area (Å²) in [6, 6.07) is 50.2. The Morgan fingerprint density at radius 3 is 2.19 bits per heavy atom. The third-order valence-electron chi connectivity index (χ3n) is 8.85. The van der Waals surface area contributed by atoms with Crippen molar-refractivity contribution >= 4 is 55.8 Å². The Labute approximate surface area is 249 Å². The van der Waals surface area contributed by atoms with E-state index in [9.17, 15) is 0 Å². The molecule has 1 atom stereocenters. The summed E-state index contributed by atoms with van der Waals surface area (Å²) in [7, 11) is -3.16. The van der Waals surface area contributed by atoms with Crippen LogP contribution in [-0.2, 0) is 4.57 Å². The first kappa shape index (κ1) is 24.4. The van der Waals surface area contributed by atoms with Crippen LogP contribution in [-0.4, -0.2) is 9.55 Å². The highest BCUT2D eigenvalue weighted by Crippen LogP contribution is 2.54. The molecule has 4 heteroatoms. The number of fused-ring (bicyclic) bond motifs is 8. The minimum Gasteiger partial charge on any atom is -0.309 e. The Balaban J connectivity index is 1.35. The summed E-state index contributed by atoms with van der Waals surface area (Å²) in [6.45, 7) is 0. The van der Waals surface area contributed by atoms with Gasteiger partial charge < -0.3 is 9.13 Å². The van der Waals surface area contributed by atoms with E-state index in [0.717, 1.165) is 76.6 Å². The van der Waals surface area contributed by atoms with Crippen molar-refractivity contribution in [2.45, 2.75) is 0 Å². The van der Waals surface area contributed by atoms with Crippen molar-refractivity contribution in [1.82, 2.24) is 9.55 Å². The quantitative estimate of drug-likeness (QED) is 0.200. The molecule has 0 amide bonds. The first-order chi connectivity index (χ1) is 21.2. The summed E-state index contributed by atoms with van der Waals surface area (Å²) >= 11 is 0. The third kappa shape index (κ3) is 3.37. The van der Waals surface area contributed by atoms with Gasteiger partial charge in [0.05, 0.1) is 21.9 Å². The fraction of sp³-hybridized carbons (Fsp3) is 0. The van der Waals surface area contributed by atoms with Crippen LogP contribution in [0.4, 0.5) is 0 Å². The number of aromatic nitrogens is 2. The molecule has 8 aromatic rings. The number of pyridine rings is 1. The van der Waals surface area contributed by atoms with Gasteiger partial charge in [-0.2, -0.15) is 0 Å². The van der Waals surface area contributed by atoms with Crippen LogP contribution in [0.3, 0.4) is 0 Å². The lowest BCUT2D eigenvalue weighted by Crippen LogP contribution is -2.22. The number of benzene rings is 6. The Hall–Kier alpha value is -5.24. The second-order valence-electron chi connectivity index (χ2n) is 11.1. The topological polar surface area (TPSA) is 34.9 Å². The molecule has 0 fully saturated rings. The van der Waals surface area contributed by atoms with Crippen molar-refractivity contribution in [2.75, 3.05) is 0 Å². The lowest BCUT2D eigenvalue weighted by atomic mass is 10.0. The smallest absolute Gasteiger partial charge is 0.174 e. The van der Waals surface area contributed by atoms with E-state index in [2.05, 4.69) is 107 Å². The van der Waals surface area contributed by atoms with Crippen LogP contribution in [0, 0.1) is 0 Å². The van der Waals surface area contributed by atoms with Gasteiger partial charge in [-0.1, -0.05) is 121 Å². The summed E-state index contributed by atoms with van der Waals surface area (Å²) in [5.41, 5.74) is 8.47. The molecule has 0 bridgehead atoms. The normalized spacial score (nSPS) is 15.6. The van der Waals surface area contributed by atoms with Gasteiger partial charge in [-0.25, -0.2) is 0 Å². The number of nitrogens with zero attached hydrogens (tertiary/aromatic N) is 2. The first-order valence-corrected chi connectivity index (χ1v) is 16.2. The zero-order valence-electron chi connectivity index (χ0n) is 23.2. The van der Waals surface area contributed by atoms with Crippen molar-refractivity contribution < 1.29 is 4.57 Å². The largest absolute Gasteiger partial charge is 0.309 e. The first-order valence-electron chi connectivity index (χ1n) is 14.5. The maximum atomic E-state index is 15.7. The highest BCUT2D eigenvalue weighted by atomic mass is 31.2. The lowest BCUT2D eigenvalue weighted by Gasteiger charge is -2.19. The van der Waals surface area contributed by atoms with Gasteiger partial charge in [0, 0.05) is 44.2 Å². The molecule has 1 unspecified atom stereocenters. The molecule has 0 spiro atoms. The molecule has 0 aliphatic carbocycles. The van der Waals surface area contributed by atoms with Gasteiger partial charge in [0.2, 0.25) is 0 Å². The van der Waals surface area contributed by atoms with Gasteiger partial charge in [-0.3, -0.25) is 4.98 Å². The van der Waals surface area contributed by atoms with Gasteiger partial charge >= 0.3 is 0 Å². The molecule has 43 heavy (non-hydrogen) atoms. The van der Waals surface area contributed by atoms with Gasteiger partial charge in [0.15, 0.2) is 7.14 Å².